The van der Waals surface area contributed by atoms with E-state index in [1.165, 1.54) is 30.5 Å². The summed E-state index contributed by atoms with van der Waals surface area (Å²) in [5.74, 6) is 1.02. The molecule has 2 rings (SSSR count). The van der Waals surface area contributed by atoms with E-state index in [2.05, 4.69) is 24.3 Å². The van der Waals surface area contributed by atoms with Crippen molar-refractivity contribution in [3.63, 3.8) is 0 Å². The van der Waals surface area contributed by atoms with E-state index in [1.54, 1.807) is 0 Å². The molecule has 1 fully saturated rings. The van der Waals surface area contributed by atoms with Crippen molar-refractivity contribution in [1.82, 2.24) is 15.1 Å². The van der Waals surface area contributed by atoms with E-state index in [1.807, 2.05) is 11.7 Å². The van der Waals surface area contributed by atoms with E-state index in [-0.39, 0.29) is 0 Å². The molecule has 1 saturated carbocycles. The van der Waals surface area contributed by atoms with Crippen molar-refractivity contribution in [2.45, 2.75) is 39.7 Å². The van der Waals surface area contributed by atoms with Gasteiger partial charge < -0.3 is 5.32 Å². The molecular weight excluding hydrogens is 186 g/mol. The first-order chi connectivity index (χ1) is 7.18. The Kier molecular flexibility index (Phi) is 3.10. The molecule has 1 heterocycles. The quantitative estimate of drug-likeness (QED) is 0.748. The summed E-state index contributed by atoms with van der Waals surface area (Å²) >= 11 is 0. The molecule has 0 spiro atoms. The predicted octanol–water partition coefficient (Wildman–Crippen LogP) is 1.93. The fraction of sp³-hybridized carbons (Fsp3) is 0.750. The molecule has 0 atom stereocenters. The zero-order valence-corrected chi connectivity index (χ0v) is 10.0. The SMILES string of the molecule is Cc1nn(C)c(C)c1CNCCC1CC1. The van der Waals surface area contributed by atoms with Crippen LogP contribution < -0.4 is 5.32 Å². The number of rotatable bonds is 5. The largest absolute Gasteiger partial charge is 0.313 e. The molecule has 0 aliphatic heterocycles. The van der Waals surface area contributed by atoms with Crippen LogP contribution in [-0.2, 0) is 13.6 Å². The Labute approximate surface area is 91.9 Å². The summed E-state index contributed by atoms with van der Waals surface area (Å²) in [6.07, 6.45) is 4.25. The third-order valence-corrected chi connectivity index (χ3v) is 3.39. The van der Waals surface area contributed by atoms with Crippen LogP contribution in [0.3, 0.4) is 0 Å². The smallest absolute Gasteiger partial charge is 0.0641 e. The lowest BCUT2D eigenvalue weighted by molar-refractivity contribution is 0.610. The number of hydrogen-bond acceptors (Lipinski definition) is 2. The Hall–Kier alpha value is -0.830. The minimum atomic E-state index is 0.970. The van der Waals surface area contributed by atoms with Crippen LogP contribution in [0.15, 0.2) is 0 Å². The first kappa shape index (κ1) is 10.7. The molecule has 0 aromatic carbocycles. The summed E-state index contributed by atoms with van der Waals surface area (Å²) in [7, 11) is 2.01. The van der Waals surface area contributed by atoms with E-state index in [0.717, 1.165) is 24.7 Å². The average Bonchev–Trinajstić information content (AvgIpc) is 2.96. The molecule has 0 radical (unpaired) electrons. The molecule has 0 saturated heterocycles. The molecule has 1 aromatic heterocycles. The second-order valence-corrected chi connectivity index (χ2v) is 4.68. The van der Waals surface area contributed by atoms with Gasteiger partial charge in [0.2, 0.25) is 0 Å². The molecule has 0 unspecified atom stereocenters. The first-order valence-electron chi connectivity index (χ1n) is 5.88. The molecule has 84 valence electrons. The van der Waals surface area contributed by atoms with Crippen LogP contribution >= 0.6 is 0 Å². The lowest BCUT2D eigenvalue weighted by Gasteiger charge is -2.04. The second-order valence-electron chi connectivity index (χ2n) is 4.68. The average molecular weight is 207 g/mol. The van der Waals surface area contributed by atoms with Gasteiger partial charge in [-0.15, -0.1) is 0 Å². The third-order valence-electron chi connectivity index (χ3n) is 3.39. The fourth-order valence-corrected chi connectivity index (χ4v) is 2.00. The molecule has 1 aliphatic rings. The lowest BCUT2D eigenvalue weighted by atomic mass is 10.2. The predicted molar refractivity (Wildman–Crippen MR) is 61.7 cm³/mol. The van der Waals surface area contributed by atoms with Gasteiger partial charge in [0, 0.05) is 24.8 Å². The fourth-order valence-electron chi connectivity index (χ4n) is 2.00. The maximum Gasteiger partial charge on any atom is 0.0641 e. The summed E-state index contributed by atoms with van der Waals surface area (Å²) in [6, 6.07) is 0. The molecule has 3 nitrogen and oxygen atoms in total. The van der Waals surface area contributed by atoms with Crippen molar-refractivity contribution in [1.29, 1.82) is 0 Å². The van der Waals surface area contributed by atoms with Gasteiger partial charge in [-0.25, -0.2) is 0 Å². The van der Waals surface area contributed by atoms with E-state index in [0.29, 0.717) is 0 Å². The zero-order chi connectivity index (χ0) is 10.8. The van der Waals surface area contributed by atoms with E-state index >= 15 is 0 Å². The van der Waals surface area contributed by atoms with Crippen molar-refractivity contribution in [3.05, 3.63) is 17.0 Å². The molecular formula is C12H21N3. The monoisotopic (exact) mass is 207 g/mol. The molecule has 0 amide bonds. The normalized spacial score (nSPS) is 15.9. The molecule has 15 heavy (non-hydrogen) atoms. The van der Waals surface area contributed by atoms with Crippen LogP contribution in [0.2, 0.25) is 0 Å². The number of nitrogens with zero attached hydrogens (tertiary/aromatic N) is 2. The maximum absolute atomic E-state index is 4.41. The molecule has 1 aliphatic carbocycles. The van der Waals surface area contributed by atoms with Crippen LogP contribution in [-0.4, -0.2) is 16.3 Å². The topological polar surface area (TPSA) is 29.9 Å². The second kappa shape index (κ2) is 4.35. The van der Waals surface area contributed by atoms with Gasteiger partial charge in [-0.05, 0) is 32.7 Å². The Balaban J connectivity index is 1.81. The summed E-state index contributed by atoms with van der Waals surface area (Å²) in [6.45, 7) is 6.35. The van der Waals surface area contributed by atoms with Crippen molar-refractivity contribution < 1.29 is 0 Å². The van der Waals surface area contributed by atoms with Crippen molar-refractivity contribution in [3.8, 4) is 0 Å². The highest BCUT2D eigenvalue weighted by molar-refractivity contribution is 5.23. The highest BCUT2D eigenvalue weighted by Crippen LogP contribution is 2.31. The van der Waals surface area contributed by atoms with Gasteiger partial charge in [-0.1, -0.05) is 12.8 Å². The Bertz CT molecular complexity index is 337. The van der Waals surface area contributed by atoms with Crippen LogP contribution in [0.5, 0.6) is 0 Å². The zero-order valence-electron chi connectivity index (χ0n) is 10.0. The maximum atomic E-state index is 4.41. The number of nitrogens with one attached hydrogen (secondary N) is 1. The van der Waals surface area contributed by atoms with Crippen molar-refractivity contribution in [2.75, 3.05) is 6.54 Å². The van der Waals surface area contributed by atoms with Gasteiger partial charge in [0.25, 0.3) is 0 Å². The molecule has 3 heteroatoms. The van der Waals surface area contributed by atoms with Crippen molar-refractivity contribution in [2.24, 2.45) is 13.0 Å². The van der Waals surface area contributed by atoms with Gasteiger partial charge >= 0.3 is 0 Å². The van der Waals surface area contributed by atoms with Gasteiger partial charge in [0.1, 0.15) is 0 Å². The first-order valence-corrected chi connectivity index (χ1v) is 5.88. The summed E-state index contributed by atoms with van der Waals surface area (Å²) < 4.78 is 1.97. The Morgan fingerprint density at radius 1 is 1.40 bits per heavy atom. The van der Waals surface area contributed by atoms with E-state index in [9.17, 15) is 0 Å². The van der Waals surface area contributed by atoms with Gasteiger partial charge in [0.05, 0.1) is 5.69 Å². The van der Waals surface area contributed by atoms with E-state index in [4.69, 9.17) is 0 Å². The highest BCUT2D eigenvalue weighted by atomic mass is 15.3. The summed E-state index contributed by atoms with van der Waals surface area (Å²) in [5.41, 5.74) is 3.81. The van der Waals surface area contributed by atoms with Crippen LogP contribution in [0, 0.1) is 19.8 Å². The minimum absolute atomic E-state index is 0.970. The number of hydrogen-bond donors (Lipinski definition) is 1. The van der Waals surface area contributed by atoms with Crippen LogP contribution in [0.4, 0.5) is 0 Å². The Morgan fingerprint density at radius 3 is 2.67 bits per heavy atom. The number of aromatic nitrogens is 2. The standard InChI is InChI=1S/C12H21N3/c1-9-12(10(2)15(3)14-9)8-13-7-6-11-4-5-11/h11,13H,4-8H2,1-3H3. The Morgan fingerprint density at radius 2 is 2.13 bits per heavy atom. The van der Waals surface area contributed by atoms with Gasteiger partial charge in [-0.3, -0.25) is 4.68 Å². The lowest BCUT2D eigenvalue weighted by Crippen LogP contribution is -2.16. The van der Waals surface area contributed by atoms with Crippen LogP contribution in [0.25, 0.3) is 0 Å². The molecule has 1 aromatic rings. The summed E-state index contributed by atoms with van der Waals surface area (Å²) in [4.78, 5) is 0. The van der Waals surface area contributed by atoms with Gasteiger partial charge in [-0.2, -0.15) is 5.10 Å². The number of aryl methyl sites for hydroxylation is 2. The minimum Gasteiger partial charge on any atom is -0.313 e. The van der Waals surface area contributed by atoms with E-state index < -0.39 is 0 Å². The third kappa shape index (κ3) is 2.59. The van der Waals surface area contributed by atoms with Gasteiger partial charge in [0.15, 0.2) is 0 Å². The summed E-state index contributed by atoms with van der Waals surface area (Å²) in [5, 5.41) is 7.93. The highest BCUT2D eigenvalue weighted by Gasteiger charge is 2.20. The molecule has 0 bridgehead atoms. The van der Waals surface area contributed by atoms with Crippen LogP contribution in [0.1, 0.15) is 36.2 Å². The van der Waals surface area contributed by atoms with Crippen molar-refractivity contribution >= 4 is 0 Å². The molecule has 1 N–H and O–H groups in total.